The van der Waals surface area contributed by atoms with Crippen molar-refractivity contribution in [3.63, 3.8) is 0 Å². The third-order valence-electron chi connectivity index (χ3n) is 4.03. The highest BCUT2D eigenvalue weighted by atomic mass is 16.5. The predicted molar refractivity (Wildman–Crippen MR) is 81.1 cm³/mol. The maximum absolute atomic E-state index is 12.0. The molecular weight excluding hydrogens is 296 g/mol. The summed E-state index contributed by atoms with van der Waals surface area (Å²) in [5.74, 6) is 4.97. The van der Waals surface area contributed by atoms with Gasteiger partial charge in [0.2, 0.25) is 0 Å². The molecule has 0 saturated carbocycles. The zero-order valence-corrected chi connectivity index (χ0v) is 12.9. The van der Waals surface area contributed by atoms with Gasteiger partial charge in [-0.05, 0) is 18.6 Å². The van der Waals surface area contributed by atoms with Crippen LogP contribution < -0.4 is 0 Å². The van der Waals surface area contributed by atoms with Gasteiger partial charge in [0.15, 0.2) is 0 Å². The summed E-state index contributed by atoms with van der Waals surface area (Å²) in [5, 5.41) is 0. The van der Waals surface area contributed by atoms with E-state index in [0.29, 0.717) is 6.42 Å². The first kappa shape index (κ1) is 15.3. The van der Waals surface area contributed by atoms with E-state index in [0.717, 1.165) is 5.56 Å². The lowest BCUT2D eigenvalue weighted by Gasteiger charge is -2.17. The standard InChI is InChI=1S/C18H16O5/c1-21-17(19)14-13-10-12(9-8-11-6-4-3-5-7-11)16(23-13)15(14)18(20)22-2/h3-7,12-13,16H,10H2,1-2H3. The Labute approximate surface area is 134 Å². The van der Waals surface area contributed by atoms with Crippen LogP contribution in [-0.4, -0.2) is 38.4 Å². The number of carbonyl (C=O) groups is 2. The smallest absolute Gasteiger partial charge is 0.337 e. The average Bonchev–Trinajstić information content (AvgIpc) is 3.17. The summed E-state index contributed by atoms with van der Waals surface area (Å²) in [6, 6.07) is 9.58. The van der Waals surface area contributed by atoms with Gasteiger partial charge >= 0.3 is 11.9 Å². The molecule has 0 spiro atoms. The summed E-state index contributed by atoms with van der Waals surface area (Å²) >= 11 is 0. The lowest BCUT2D eigenvalue weighted by molar-refractivity contribution is -0.139. The largest absolute Gasteiger partial charge is 0.466 e. The van der Waals surface area contributed by atoms with Crippen molar-refractivity contribution < 1.29 is 23.8 Å². The fraction of sp³-hybridized carbons (Fsp3) is 0.333. The van der Waals surface area contributed by atoms with E-state index in [4.69, 9.17) is 14.2 Å². The molecule has 0 radical (unpaired) electrons. The molecule has 0 aromatic heterocycles. The minimum Gasteiger partial charge on any atom is -0.466 e. The molecule has 1 aromatic rings. The monoisotopic (exact) mass is 312 g/mol. The van der Waals surface area contributed by atoms with Crippen LogP contribution in [0.5, 0.6) is 0 Å². The van der Waals surface area contributed by atoms with Crippen LogP contribution >= 0.6 is 0 Å². The summed E-state index contributed by atoms with van der Waals surface area (Å²) in [7, 11) is 2.56. The Balaban J connectivity index is 1.90. The summed E-state index contributed by atoms with van der Waals surface area (Å²) < 4.78 is 15.3. The average molecular weight is 312 g/mol. The van der Waals surface area contributed by atoms with Gasteiger partial charge in [0, 0.05) is 5.56 Å². The number of hydrogen-bond donors (Lipinski definition) is 0. The maximum atomic E-state index is 12.0. The normalized spacial score (nSPS) is 24.9. The Morgan fingerprint density at radius 1 is 1.09 bits per heavy atom. The minimum atomic E-state index is -0.566. The first-order valence-electron chi connectivity index (χ1n) is 7.28. The zero-order valence-electron chi connectivity index (χ0n) is 12.9. The van der Waals surface area contributed by atoms with Gasteiger partial charge < -0.3 is 14.2 Å². The van der Waals surface area contributed by atoms with Crippen LogP contribution in [0.15, 0.2) is 41.5 Å². The summed E-state index contributed by atoms with van der Waals surface area (Å²) in [4.78, 5) is 24.0. The molecule has 2 aliphatic heterocycles. The molecule has 0 aliphatic carbocycles. The highest BCUT2D eigenvalue weighted by Gasteiger charge is 2.51. The molecule has 2 bridgehead atoms. The second-order valence-electron chi connectivity index (χ2n) is 5.33. The van der Waals surface area contributed by atoms with Crippen molar-refractivity contribution in [2.24, 2.45) is 5.92 Å². The van der Waals surface area contributed by atoms with Crippen molar-refractivity contribution in [2.75, 3.05) is 14.2 Å². The molecule has 1 fully saturated rings. The first-order valence-corrected chi connectivity index (χ1v) is 7.28. The number of ether oxygens (including phenoxy) is 3. The van der Waals surface area contributed by atoms with E-state index in [1.54, 1.807) is 0 Å². The molecule has 0 N–H and O–H groups in total. The van der Waals surface area contributed by atoms with Gasteiger partial charge in [-0.3, -0.25) is 0 Å². The zero-order chi connectivity index (χ0) is 16.4. The van der Waals surface area contributed by atoms with Crippen LogP contribution in [0.3, 0.4) is 0 Å². The van der Waals surface area contributed by atoms with E-state index >= 15 is 0 Å². The predicted octanol–water partition coefficient (Wildman–Crippen LogP) is 1.47. The van der Waals surface area contributed by atoms with E-state index < -0.39 is 24.1 Å². The van der Waals surface area contributed by atoms with Crippen LogP contribution in [0, 0.1) is 17.8 Å². The van der Waals surface area contributed by atoms with Crippen LogP contribution in [0.1, 0.15) is 12.0 Å². The van der Waals surface area contributed by atoms with Gasteiger partial charge in [-0.15, -0.1) is 0 Å². The molecule has 3 atom stereocenters. The van der Waals surface area contributed by atoms with E-state index in [1.807, 2.05) is 30.3 Å². The van der Waals surface area contributed by atoms with Crippen LogP contribution in [-0.2, 0) is 23.8 Å². The van der Waals surface area contributed by atoms with Crippen molar-refractivity contribution in [1.29, 1.82) is 0 Å². The first-order chi connectivity index (χ1) is 11.2. The highest BCUT2D eigenvalue weighted by molar-refractivity contribution is 6.03. The summed E-state index contributed by atoms with van der Waals surface area (Å²) in [5.41, 5.74) is 1.40. The van der Waals surface area contributed by atoms with Crippen molar-refractivity contribution >= 4 is 11.9 Å². The molecule has 0 amide bonds. The Hall–Kier alpha value is -2.58. The van der Waals surface area contributed by atoms with Crippen LogP contribution in [0.4, 0.5) is 0 Å². The number of hydrogen-bond acceptors (Lipinski definition) is 5. The topological polar surface area (TPSA) is 61.8 Å². The molecule has 2 heterocycles. The third-order valence-corrected chi connectivity index (χ3v) is 4.03. The Kier molecular flexibility index (Phi) is 4.18. The Bertz CT molecular complexity index is 723. The minimum absolute atomic E-state index is 0.150. The molecule has 3 rings (SSSR count). The van der Waals surface area contributed by atoms with Gasteiger partial charge in [0.25, 0.3) is 0 Å². The molecular formula is C18H16O5. The van der Waals surface area contributed by atoms with E-state index in [1.165, 1.54) is 14.2 Å². The van der Waals surface area contributed by atoms with Crippen molar-refractivity contribution in [3.8, 4) is 11.8 Å². The molecule has 2 aliphatic rings. The third kappa shape index (κ3) is 2.73. The van der Waals surface area contributed by atoms with E-state index in [2.05, 4.69) is 11.8 Å². The second-order valence-corrected chi connectivity index (χ2v) is 5.33. The van der Waals surface area contributed by atoms with E-state index in [9.17, 15) is 9.59 Å². The van der Waals surface area contributed by atoms with Crippen molar-refractivity contribution in [3.05, 3.63) is 47.0 Å². The number of fused-ring (bicyclic) bond motifs is 2. The van der Waals surface area contributed by atoms with Crippen molar-refractivity contribution in [2.45, 2.75) is 18.6 Å². The molecule has 5 heteroatoms. The maximum Gasteiger partial charge on any atom is 0.337 e. The molecule has 23 heavy (non-hydrogen) atoms. The van der Waals surface area contributed by atoms with Gasteiger partial charge in [-0.2, -0.15) is 0 Å². The van der Waals surface area contributed by atoms with Crippen LogP contribution in [0.25, 0.3) is 0 Å². The number of carbonyl (C=O) groups excluding carboxylic acids is 2. The van der Waals surface area contributed by atoms with Gasteiger partial charge in [0.05, 0.1) is 37.4 Å². The molecule has 118 valence electrons. The van der Waals surface area contributed by atoms with Crippen LogP contribution in [0.2, 0.25) is 0 Å². The number of rotatable bonds is 2. The fourth-order valence-electron chi connectivity index (χ4n) is 2.98. The van der Waals surface area contributed by atoms with E-state index in [-0.39, 0.29) is 17.1 Å². The highest BCUT2D eigenvalue weighted by Crippen LogP contribution is 2.43. The molecule has 1 saturated heterocycles. The lowest BCUT2D eigenvalue weighted by atomic mass is 9.84. The SMILES string of the molecule is COC(=O)C1=C(C(=O)OC)C2OC1CC2C#Cc1ccccc1. The number of methoxy groups -OCH3 is 2. The lowest BCUT2D eigenvalue weighted by Crippen LogP contribution is -2.28. The van der Waals surface area contributed by atoms with Gasteiger partial charge in [0.1, 0.15) is 6.10 Å². The van der Waals surface area contributed by atoms with Crippen molar-refractivity contribution in [1.82, 2.24) is 0 Å². The number of benzene rings is 1. The second kappa shape index (κ2) is 6.27. The Morgan fingerprint density at radius 2 is 1.74 bits per heavy atom. The number of esters is 2. The van der Waals surface area contributed by atoms with Gasteiger partial charge in [-0.1, -0.05) is 30.0 Å². The summed E-state index contributed by atoms with van der Waals surface area (Å²) in [6.45, 7) is 0. The summed E-state index contributed by atoms with van der Waals surface area (Å²) in [6.07, 6.45) is -0.440. The Morgan fingerprint density at radius 3 is 2.39 bits per heavy atom. The molecule has 1 aromatic carbocycles. The quantitative estimate of drug-likeness (QED) is 0.611. The fourth-order valence-corrected chi connectivity index (χ4v) is 2.98. The molecule has 3 unspecified atom stereocenters. The molecule has 5 nitrogen and oxygen atoms in total. The van der Waals surface area contributed by atoms with Gasteiger partial charge in [-0.25, -0.2) is 9.59 Å².